The number of ketones is 1. The number of rotatable bonds is 6. The first-order valence-corrected chi connectivity index (χ1v) is 9.66. The summed E-state index contributed by atoms with van der Waals surface area (Å²) in [6, 6.07) is 11.7. The third-order valence-electron chi connectivity index (χ3n) is 4.85. The van der Waals surface area contributed by atoms with Crippen molar-refractivity contribution < 1.29 is 19.1 Å². The highest BCUT2D eigenvalue weighted by molar-refractivity contribution is 6.05. The zero-order chi connectivity index (χ0) is 21.2. The second-order valence-electron chi connectivity index (χ2n) is 8.47. The number of ether oxygens (including phenoxy) is 2. The summed E-state index contributed by atoms with van der Waals surface area (Å²) < 4.78 is 10.7. The smallest absolute Gasteiger partial charge is 0.238 e. The maximum Gasteiger partial charge on any atom is 0.238 e. The number of fused-ring (bicyclic) bond motifs is 1. The minimum absolute atomic E-state index is 0.112. The second kappa shape index (κ2) is 8.25. The molecule has 1 amide bonds. The first-order chi connectivity index (χ1) is 13.6. The fourth-order valence-corrected chi connectivity index (χ4v) is 3.25. The van der Waals surface area contributed by atoms with Gasteiger partial charge in [0.05, 0.1) is 12.2 Å². The average Bonchev–Trinajstić information content (AvgIpc) is 3.07. The third-order valence-corrected chi connectivity index (χ3v) is 4.85. The lowest BCUT2D eigenvalue weighted by molar-refractivity contribution is -0.117. The molecular formula is C23H28N2O4. The molecule has 2 aromatic carbocycles. The van der Waals surface area contributed by atoms with Crippen LogP contribution in [0, 0.1) is 0 Å². The van der Waals surface area contributed by atoms with Crippen LogP contribution in [0.4, 0.5) is 5.69 Å². The van der Waals surface area contributed by atoms with Gasteiger partial charge in [0.25, 0.3) is 0 Å². The van der Waals surface area contributed by atoms with Gasteiger partial charge in [0.1, 0.15) is 0 Å². The van der Waals surface area contributed by atoms with Crippen LogP contribution in [0.2, 0.25) is 0 Å². The van der Waals surface area contributed by atoms with Crippen molar-refractivity contribution in [2.24, 2.45) is 0 Å². The van der Waals surface area contributed by atoms with Gasteiger partial charge in [0.15, 0.2) is 17.3 Å². The van der Waals surface area contributed by atoms with Crippen molar-refractivity contribution in [2.45, 2.75) is 39.7 Å². The maximum absolute atomic E-state index is 12.5. The molecule has 6 heteroatoms. The van der Waals surface area contributed by atoms with E-state index in [1.165, 1.54) is 12.5 Å². The Bertz CT molecular complexity index is 914. The van der Waals surface area contributed by atoms with E-state index in [0.29, 0.717) is 29.3 Å². The van der Waals surface area contributed by atoms with E-state index in [4.69, 9.17) is 9.47 Å². The van der Waals surface area contributed by atoms with Gasteiger partial charge in [0, 0.05) is 18.2 Å². The largest absolute Gasteiger partial charge is 0.454 e. The lowest BCUT2D eigenvalue weighted by Crippen LogP contribution is -2.30. The molecule has 0 aromatic heterocycles. The number of carbonyl (C=O) groups excluding carboxylic acids is 2. The lowest BCUT2D eigenvalue weighted by atomic mass is 9.87. The number of nitrogens with one attached hydrogen (secondary N) is 1. The Morgan fingerprint density at radius 3 is 2.28 bits per heavy atom. The summed E-state index contributed by atoms with van der Waals surface area (Å²) in [7, 11) is 1.89. The molecule has 3 rings (SSSR count). The molecule has 29 heavy (non-hydrogen) atoms. The van der Waals surface area contributed by atoms with E-state index < -0.39 is 0 Å². The van der Waals surface area contributed by atoms with Gasteiger partial charge < -0.3 is 14.8 Å². The molecule has 0 saturated carbocycles. The van der Waals surface area contributed by atoms with Crippen molar-refractivity contribution >= 4 is 17.4 Å². The van der Waals surface area contributed by atoms with E-state index in [1.807, 2.05) is 11.9 Å². The summed E-state index contributed by atoms with van der Waals surface area (Å²) in [6.45, 7) is 8.98. The minimum Gasteiger partial charge on any atom is -0.454 e. The zero-order valence-corrected chi connectivity index (χ0v) is 17.7. The summed E-state index contributed by atoms with van der Waals surface area (Å²) in [4.78, 5) is 26.4. The van der Waals surface area contributed by atoms with Gasteiger partial charge in [-0.15, -0.1) is 0 Å². The monoisotopic (exact) mass is 396 g/mol. The van der Waals surface area contributed by atoms with E-state index in [1.54, 1.807) is 12.1 Å². The van der Waals surface area contributed by atoms with Crippen LogP contribution in [0.15, 0.2) is 36.4 Å². The number of likely N-dealkylation sites (N-methyl/N-ethyl adjacent to an activating group) is 1. The van der Waals surface area contributed by atoms with E-state index in [2.05, 4.69) is 50.4 Å². The molecule has 1 aliphatic rings. The molecule has 0 aliphatic carbocycles. The predicted octanol–water partition coefficient (Wildman–Crippen LogP) is 3.99. The highest BCUT2D eigenvalue weighted by atomic mass is 16.7. The molecule has 2 aromatic rings. The van der Waals surface area contributed by atoms with Crippen molar-refractivity contribution in [2.75, 3.05) is 25.7 Å². The zero-order valence-electron chi connectivity index (χ0n) is 17.7. The molecule has 0 radical (unpaired) electrons. The fraction of sp³-hybridized carbons (Fsp3) is 0.391. The molecule has 0 saturated heterocycles. The van der Waals surface area contributed by atoms with Gasteiger partial charge >= 0.3 is 0 Å². The molecule has 0 unspecified atom stereocenters. The predicted molar refractivity (Wildman–Crippen MR) is 113 cm³/mol. The number of nitrogens with zero attached hydrogens (tertiary/aromatic N) is 1. The summed E-state index contributed by atoms with van der Waals surface area (Å²) in [6.07, 6.45) is 0. The molecule has 0 spiro atoms. The third kappa shape index (κ3) is 5.15. The van der Waals surface area contributed by atoms with Crippen LogP contribution in [0.25, 0.3) is 0 Å². The Morgan fingerprint density at radius 2 is 1.69 bits per heavy atom. The van der Waals surface area contributed by atoms with Gasteiger partial charge in [-0.25, -0.2) is 0 Å². The molecular weight excluding hydrogens is 368 g/mol. The minimum atomic E-state index is -0.194. The number of Topliss-reactive ketones (excluding diaryl/α,β-unsaturated/α-hetero) is 1. The molecule has 1 heterocycles. The summed E-state index contributed by atoms with van der Waals surface area (Å²) >= 11 is 0. The summed E-state index contributed by atoms with van der Waals surface area (Å²) in [5.74, 6) is 0.702. The van der Waals surface area contributed by atoms with E-state index in [0.717, 1.165) is 5.56 Å². The Kier molecular flexibility index (Phi) is 5.94. The first-order valence-electron chi connectivity index (χ1n) is 9.66. The average molecular weight is 396 g/mol. The number of benzene rings is 2. The second-order valence-corrected chi connectivity index (χ2v) is 8.47. The molecule has 1 aliphatic heterocycles. The van der Waals surface area contributed by atoms with Crippen molar-refractivity contribution in [3.8, 4) is 11.5 Å². The summed E-state index contributed by atoms with van der Waals surface area (Å²) in [5.41, 5.74) is 3.38. The maximum atomic E-state index is 12.5. The van der Waals surface area contributed by atoms with Crippen molar-refractivity contribution in [1.82, 2.24) is 4.90 Å². The Balaban J connectivity index is 1.63. The molecule has 154 valence electrons. The van der Waals surface area contributed by atoms with Crippen LogP contribution < -0.4 is 14.8 Å². The summed E-state index contributed by atoms with van der Waals surface area (Å²) in [5, 5.41) is 2.83. The van der Waals surface area contributed by atoms with Gasteiger partial charge in [-0.2, -0.15) is 0 Å². The highest BCUT2D eigenvalue weighted by Crippen LogP contribution is 2.37. The number of hydrogen-bond donors (Lipinski definition) is 1. The number of amides is 1. The molecule has 6 nitrogen and oxygen atoms in total. The van der Waals surface area contributed by atoms with Gasteiger partial charge in [-0.05, 0) is 36.6 Å². The SMILES string of the molecule is CC(=O)c1cc2c(cc1NC(=O)CN(C)Cc1ccc(C(C)(C)C)cc1)OCO2. The molecule has 0 bridgehead atoms. The quantitative estimate of drug-likeness (QED) is 0.748. The van der Waals surface area contributed by atoms with Crippen molar-refractivity contribution in [3.05, 3.63) is 53.1 Å². The van der Waals surface area contributed by atoms with Crippen molar-refractivity contribution in [3.63, 3.8) is 0 Å². The van der Waals surface area contributed by atoms with Gasteiger partial charge in [-0.3, -0.25) is 14.5 Å². The molecule has 1 N–H and O–H groups in total. The fourth-order valence-electron chi connectivity index (χ4n) is 3.25. The Morgan fingerprint density at radius 1 is 1.07 bits per heavy atom. The van der Waals surface area contributed by atoms with Crippen LogP contribution >= 0.6 is 0 Å². The highest BCUT2D eigenvalue weighted by Gasteiger charge is 2.21. The van der Waals surface area contributed by atoms with Crippen LogP contribution in [-0.4, -0.2) is 37.0 Å². The van der Waals surface area contributed by atoms with Crippen LogP contribution in [0.1, 0.15) is 49.2 Å². The van der Waals surface area contributed by atoms with Crippen LogP contribution in [0.3, 0.4) is 0 Å². The standard InChI is InChI=1S/C23H28N2O4/c1-15(26)18-10-20-21(29-14-28-20)11-19(18)24-22(27)13-25(5)12-16-6-8-17(9-7-16)23(2,3)4/h6-11H,12-14H2,1-5H3,(H,24,27). The normalized spacial score (nSPS) is 12.9. The van der Waals surface area contributed by atoms with Crippen molar-refractivity contribution in [1.29, 1.82) is 0 Å². The molecule has 0 fully saturated rings. The number of anilines is 1. The van der Waals surface area contributed by atoms with E-state index in [-0.39, 0.29) is 30.4 Å². The topological polar surface area (TPSA) is 67.9 Å². The van der Waals surface area contributed by atoms with E-state index in [9.17, 15) is 9.59 Å². The number of carbonyl (C=O) groups is 2. The van der Waals surface area contributed by atoms with Gasteiger partial charge in [-0.1, -0.05) is 45.0 Å². The van der Waals surface area contributed by atoms with Crippen LogP contribution in [0.5, 0.6) is 11.5 Å². The number of hydrogen-bond acceptors (Lipinski definition) is 5. The Labute approximate surface area is 171 Å². The van der Waals surface area contributed by atoms with E-state index >= 15 is 0 Å². The lowest BCUT2D eigenvalue weighted by Gasteiger charge is -2.20. The van der Waals surface area contributed by atoms with Crippen LogP contribution in [-0.2, 0) is 16.8 Å². The molecule has 0 atom stereocenters. The van der Waals surface area contributed by atoms with Gasteiger partial charge in [0.2, 0.25) is 12.7 Å². The Hall–Kier alpha value is -2.86. The first kappa shape index (κ1) is 20.9.